The standard InChI is InChI=1S/C18H21FN2OS/c1-12(2)22-17-6-4-5-16(11-17)21-18(23)20-13(3)14-7-9-15(19)10-8-14/h4-13H,1-3H3,(H2,20,21,23)/t13-/m0/s1. The second-order valence-corrected chi connectivity index (χ2v) is 5.97. The zero-order chi connectivity index (χ0) is 16.8. The van der Waals surface area contributed by atoms with Crippen molar-refractivity contribution in [2.24, 2.45) is 0 Å². The smallest absolute Gasteiger partial charge is 0.171 e. The van der Waals surface area contributed by atoms with Gasteiger partial charge in [0.1, 0.15) is 11.6 Å². The monoisotopic (exact) mass is 332 g/mol. The molecule has 0 bridgehead atoms. The molecule has 2 aromatic carbocycles. The SMILES string of the molecule is CC(C)Oc1cccc(NC(=S)N[C@@H](C)c2ccc(F)cc2)c1. The highest BCUT2D eigenvalue weighted by molar-refractivity contribution is 7.80. The number of hydrogen-bond acceptors (Lipinski definition) is 2. The molecule has 0 aliphatic rings. The molecular formula is C18H21FN2OS. The van der Waals surface area contributed by atoms with E-state index in [0.717, 1.165) is 17.0 Å². The van der Waals surface area contributed by atoms with Crippen LogP contribution in [0.25, 0.3) is 0 Å². The third kappa shape index (κ3) is 5.53. The fourth-order valence-electron chi connectivity index (χ4n) is 2.12. The van der Waals surface area contributed by atoms with Gasteiger partial charge in [0, 0.05) is 11.8 Å². The van der Waals surface area contributed by atoms with Crippen molar-refractivity contribution in [3.63, 3.8) is 0 Å². The highest BCUT2D eigenvalue weighted by Crippen LogP contribution is 2.19. The number of thiocarbonyl (C=S) groups is 1. The van der Waals surface area contributed by atoms with Gasteiger partial charge in [0.2, 0.25) is 0 Å². The molecule has 0 spiro atoms. The van der Waals surface area contributed by atoms with Gasteiger partial charge in [-0.2, -0.15) is 0 Å². The Labute approximate surface area is 141 Å². The highest BCUT2D eigenvalue weighted by atomic mass is 32.1. The number of benzene rings is 2. The van der Waals surface area contributed by atoms with E-state index < -0.39 is 0 Å². The van der Waals surface area contributed by atoms with E-state index in [1.807, 2.05) is 45.0 Å². The quantitative estimate of drug-likeness (QED) is 0.780. The van der Waals surface area contributed by atoms with E-state index in [2.05, 4.69) is 10.6 Å². The molecule has 0 heterocycles. The molecule has 5 heteroatoms. The molecule has 0 aliphatic carbocycles. The molecule has 0 saturated heterocycles. The summed E-state index contributed by atoms with van der Waals surface area (Å²) in [6, 6.07) is 14.0. The molecule has 3 nitrogen and oxygen atoms in total. The van der Waals surface area contributed by atoms with Crippen LogP contribution in [0.2, 0.25) is 0 Å². The van der Waals surface area contributed by atoms with Gasteiger partial charge < -0.3 is 15.4 Å². The summed E-state index contributed by atoms with van der Waals surface area (Å²) in [6.07, 6.45) is 0.119. The topological polar surface area (TPSA) is 33.3 Å². The summed E-state index contributed by atoms with van der Waals surface area (Å²) in [6.45, 7) is 5.94. The maximum Gasteiger partial charge on any atom is 0.171 e. The molecule has 0 amide bonds. The van der Waals surface area contributed by atoms with Crippen LogP contribution >= 0.6 is 12.2 Å². The van der Waals surface area contributed by atoms with Crippen molar-refractivity contribution in [2.75, 3.05) is 5.32 Å². The second-order valence-electron chi connectivity index (χ2n) is 5.57. The first-order chi connectivity index (χ1) is 10.9. The van der Waals surface area contributed by atoms with Gasteiger partial charge in [0.05, 0.1) is 12.1 Å². The highest BCUT2D eigenvalue weighted by Gasteiger charge is 2.08. The van der Waals surface area contributed by atoms with Gasteiger partial charge in [-0.3, -0.25) is 0 Å². The second kappa shape index (κ2) is 7.92. The largest absolute Gasteiger partial charge is 0.491 e. The molecule has 0 unspecified atom stereocenters. The van der Waals surface area contributed by atoms with Crippen LogP contribution in [0.3, 0.4) is 0 Å². The van der Waals surface area contributed by atoms with Crippen molar-refractivity contribution in [2.45, 2.75) is 32.9 Å². The summed E-state index contributed by atoms with van der Waals surface area (Å²) in [4.78, 5) is 0. The molecule has 1 atom stereocenters. The van der Waals surface area contributed by atoms with Crippen molar-refractivity contribution in [3.05, 3.63) is 59.9 Å². The maximum atomic E-state index is 13.0. The fourth-order valence-corrected chi connectivity index (χ4v) is 2.41. The Morgan fingerprint density at radius 1 is 1.09 bits per heavy atom. The van der Waals surface area contributed by atoms with Crippen LogP contribution < -0.4 is 15.4 Å². The van der Waals surface area contributed by atoms with E-state index in [9.17, 15) is 4.39 Å². The van der Waals surface area contributed by atoms with Gasteiger partial charge in [-0.05, 0) is 62.8 Å². The third-order valence-corrected chi connectivity index (χ3v) is 3.40. The Kier molecular flexibility index (Phi) is 5.93. The first kappa shape index (κ1) is 17.2. The molecule has 0 saturated carbocycles. The molecule has 0 radical (unpaired) electrons. The van der Waals surface area contributed by atoms with E-state index in [1.54, 1.807) is 12.1 Å². The van der Waals surface area contributed by atoms with Gasteiger partial charge in [-0.15, -0.1) is 0 Å². The molecule has 2 aromatic rings. The Hall–Kier alpha value is -2.14. The molecule has 23 heavy (non-hydrogen) atoms. The van der Waals surface area contributed by atoms with Crippen molar-refractivity contribution < 1.29 is 9.13 Å². The molecule has 0 aliphatic heterocycles. The van der Waals surface area contributed by atoms with Crippen LogP contribution in [-0.4, -0.2) is 11.2 Å². The summed E-state index contributed by atoms with van der Waals surface area (Å²) in [5, 5.41) is 6.82. The minimum atomic E-state index is -0.247. The van der Waals surface area contributed by atoms with E-state index in [-0.39, 0.29) is 18.0 Å². The summed E-state index contributed by atoms with van der Waals surface area (Å²) in [5.41, 5.74) is 1.82. The fraction of sp³-hybridized carbons (Fsp3) is 0.278. The Morgan fingerprint density at radius 3 is 2.43 bits per heavy atom. The summed E-state index contributed by atoms with van der Waals surface area (Å²) < 4.78 is 18.6. The number of nitrogens with one attached hydrogen (secondary N) is 2. The number of anilines is 1. The zero-order valence-electron chi connectivity index (χ0n) is 13.5. The van der Waals surface area contributed by atoms with Gasteiger partial charge in [0.25, 0.3) is 0 Å². The Morgan fingerprint density at radius 2 is 1.78 bits per heavy atom. The lowest BCUT2D eigenvalue weighted by molar-refractivity contribution is 0.242. The predicted molar refractivity (Wildman–Crippen MR) is 96.4 cm³/mol. The number of halogens is 1. The lowest BCUT2D eigenvalue weighted by Crippen LogP contribution is -2.30. The molecular weight excluding hydrogens is 311 g/mol. The average Bonchev–Trinajstić information content (AvgIpc) is 2.47. The van der Waals surface area contributed by atoms with E-state index in [4.69, 9.17) is 17.0 Å². The van der Waals surface area contributed by atoms with Crippen LogP contribution in [-0.2, 0) is 0 Å². The molecule has 0 aromatic heterocycles. The van der Waals surface area contributed by atoms with Gasteiger partial charge in [-0.25, -0.2) is 4.39 Å². The van der Waals surface area contributed by atoms with E-state index in [0.29, 0.717) is 5.11 Å². The normalized spacial score (nSPS) is 11.9. The van der Waals surface area contributed by atoms with Crippen LogP contribution in [0.1, 0.15) is 32.4 Å². The predicted octanol–water partition coefficient (Wildman–Crippen LogP) is 4.66. The first-order valence-corrected chi connectivity index (χ1v) is 7.94. The van der Waals surface area contributed by atoms with Crippen molar-refractivity contribution >= 4 is 23.0 Å². The molecule has 2 N–H and O–H groups in total. The number of hydrogen-bond donors (Lipinski definition) is 2. The van der Waals surface area contributed by atoms with Crippen LogP contribution in [0, 0.1) is 5.82 Å². The minimum Gasteiger partial charge on any atom is -0.491 e. The van der Waals surface area contributed by atoms with Crippen molar-refractivity contribution in [3.8, 4) is 5.75 Å². The molecule has 2 rings (SSSR count). The third-order valence-electron chi connectivity index (χ3n) is 3.18. The maximum absolute atomic E-state index is 13.0. The molecule has 0 fully saturated rings. The summed E-state index contributed by atoms with van der Waals surface area (Å²) in [5.74, 6) is 0.544. The Balaban J connectivity index is 1.95. The summed E-state index contributed by atoms with van der Waals surface area (Å²) in [7, 11) is 0. The first-order valence-electron chi connectivity index (χ1n) is 7.54. The van der Waals surface area contributed by atoms with E-state index >= 15 is 0 Å². The Bertz CT molecular complexity index is 658. The minimum absolute atomic E-state index is 0.0225. The molecule has 122 valence electrons. The van der Waals surface area contributed by atoms with Gasteiger partial charge in [-0.1, -0.05) is 18.2 Å². The number of ether oxygens (including phenoxy) is 1. The zero-order valence-corrected chi connectivity index (χ0v) is 14.3. The van der Waals surface area contributed by atoms with Crippen molar-refractivity contribution in [1.29, 1.82) is 0 Å². The summed E-state index contributed by atoms with van der Waals surface area (Å²) >= 11 is 5.33. The number of rotatable bonds is 5. The average molecular weight is 332 g/mol. The van der Waals surface area contributed by atoms with Crippen LogP contribution in [0.15, 0.2) is 48.5 Å². The van der Waals surface area contributed by atoms with Crippen molar-refractivity contribution in [1.82, 2.24) is 5.32 Å². The lowest BCUT2D eigenvalue weighted by Gasteiger charge is -2.18. The van der Waals surface area contributed by atoms with Gasteiger partial charge >= 0.3 is 0 Å². The van der Waals surface area contributed by atoms with Crippen LogP contribution in [0.4, 0.5) is 10.1 Å². The van der Waals surface area contributed by atoms with E-state index in [1.165, 1.54) is 12.1 Å². The van der Waals surface area contributed by atoms with Gasteiger partial charge in [0.15, 0.2) is 5.11 Å². The van der Waals surface area contributed by atoms with Crippen LogP contribution in [0.5, 0.6) is 5.75 Å². The lowest BCUT2D eigenvalue weighted by atomic mass is 10.1.